The van der Waals surface area contributed by atoms with Crippen LogP contribution >= 0.6 is 23.2 Å². The van der Waals surface area contributed by atoms with E-state index < -0.39 is 0 Å². The van der Waals surface area contributed by atoms with Gasteiger partial charge in [-0.2, -0.15) is 0 Å². The van der Waals surface area contributed by atoms with E-state index in [1.807, 2.05) is 6.07 Å². The van der Waals surface area contributed by atoms with E-state index in [9.17, 15) is 0 Å². The minimum Gasteiger partial charge on any atom is -0.486 e. The Labute approximate surface area is 99.5 Å². The zero-order valence-electron chi connectivity index (χ0n) is 8.52. The summed E-state index contributed by atoms with van der Waals surface area (Å²) in [7, 11) is 0. The Hall–Kier alpha value is -0.440. The second-order valence-electron chi connectivity index (χ2n) is 4.05. The maximum absolute atomic E-state index is 5.92. The highest BCUT2D eigenvalue weighted by molar-refractivity contribution is 6.42. The Morgan fingerprint density at radius 3 is 2.73 bits per heavy atom. The fraction of sp³-hybridized carbons (Fsp3) is 0.455. The van der Waals surface area contributed by atoms with Gasteiger partial charge in [-0.1, -0.05) is 23.2 Å². The first-order valence-electron chi connectivity index (χ1n) is 4.94. The number of halogens is 2. The number of hydrogen-bond donors (Lipinski definition) is 1. The molecule has 0 saturated carbocycles. The molecule has 1 unspecified atom stereocenters. The van der Waals surface area contributed by atoms with Gasteiger partial charge < -0.3 is 10.1 Å². The number of benzene rings is 1. The van der Waals surface area contributed by atoms with Crippen molar-refractivity contribution in [1.82, 2.24) is 5.32 Å². The molecule has 0 spiro atoms. The molecule has 0 amide bonds. The third-order valence-electron chi connectivity index (χ3n) is 2.58. The van der Waals surface area contributed by atoms with Crippen LogP contribution in [0.5, 0.6) is 5.75 Å². The van der Waals surface area contributed by atoms with Gasteiger partial charge in [0.2, 0.25) is 0 Å². The van der Waals surface area contributed by atoms with E-state index in [1.54, 1.807) is 12.1 Å². The Bertz CT molecular complexity index is 362. The van der Waals surface area contributed by atoms with Crippen molar-refractivity contribution in [2.24, 2.45) is 0 Å². The molecule has 0 bridgehead atoms. The van der Waals surface area contributed by atoms with Crippen molar-refractivity contribution < 1.29 is 4.74 Å². The largest absolute Gasteiger partial charge is 0.486 e. The second kappa shape index (κ2) is 4.20. The van der Waals surface area contributed by atoms with Crippen LogP contribution in [0.1, 0.15) is 13.3 Å². The van der Waals surface area contributed by atoms with Gasteiger partial charge >= 0.3 is 0 Å². The molecule has 1 aromatic rings. The highest BCUT2D eigenvalue weighted by Crippen LogP contribution is 2.29. The quantitative estimate of drug-likeness (QED) is 0.865. The first kappa shape index (κ1) is 11.1. The molecule has 4 heteroatoms. The average Bonchev–Trinajstić information content (AvgIpc) is 2.59. The molecule has 1 aromatic carbocycles. The Kier molecular flexibility index (Phi) is 3.10. The lowest BCUT2D eigenvalue weighted by Crippen LogP contribution is -2.34. The predicted octanol–water partition coefficient (Wildman–Crippen LogP) is 3.12. The van der Waals surface area contributed by atoms with Crippen LogP contribution in [0.15, 0.2) is 18.2 Å². The molecule has 1 aliphatic heterocycles. The van der Waals surface area contributed by atoms with Gasteiger partial charge in [-0.25, -0.2) is 0 Å². The van der Waals surface area contributed by atoms with Crippen molar-refractivity contribution in [3.8, 4) is 5.75 Å². The smallest absolute Gasteiger partial charge is 0.121 e. The molecule has 0 aliphatic carbocycles. The summed E-state index contributed by atoms with van der Waals surface area (Å²) in [6, 6.07) is 5.36. The lowest BCUT2D eigenvalue weighted by Gasteiger charge is -2.24. The standard InChI is InChI=1S/C11H13Cl2NO/c1-11(4-5-14-7-11)15-8-2-3-9(12)10(13)6-8/h2-3,6,14H,4-5,7H2,1H3. The lowest BCUT2D eigenvalue weighted by atomic mass is 10.1. The topological polar surface area (TPSA) is 21.3 Å². The summed E-state index contributed by atoms with van der Waals surface area (Å²) in [6.45, 7) is 3.96. The fourth-order valence-corrected chi connectivity index (χ4v) is 1.99. The average molecular weight is 246 g/mol. The summed E-state index contributed by atoms with van der Waals surface area (Å²) in [4.78, 5) is 0. The van der Waals surface area contributed by atoms with E-state index in [1.165, 1.54) is 0 Å². The molecule has 2 rings (SSSR count). The molecule has 1 saturated heterocycles. The zero-order chi connectivity index (χ0) is 10.9. The Morgan fingerprint density at radius 1 is 1.33 bits per heavy atom. The SMILES string of the molecule is CC1(Oc2ccc(Cl)c(Cl)c2)CCNC1. The monoisotopic (exact) mass is 245 g/mol. The summed E-state index contributed by atoms with van der Waals surface area (Å²) in [5, 5.41) is 4.36. The van der Waals surface area contributed by atoms with E-state index >= 15 is 0 Å². The summed E-state index contributed by atoms with van der Waals surface area (Å²) in [5.41, 5.74) is -0.128. The van der Waals surface area contributed by atoms with Gasteiger partial charge in [-0.15, -0.1) is 0 Å². The van der Waals surface area contributed by atoms with Crippen LogP contribution in [0.2, 0.25) is 10.0 Å². The van der Waals surface area contributed by atoms with Crippen molar-refractivity contribution in [3.63, 3.8) is 0 Å². The van der Waals surface area contributed by atoms with E-state index in [0.29, 0.717) is 10.0 Å². The number of rotatable bonds is 2. The Balaban J connectivity index is 2.13. The molecule has 1 fully saturated rings. The third kappa shape index (κ3) is 2.57. The van der Waals surface area contributed by atoms with Crippen molar-refractivity contribution in [2.75, 3.05) is 13.1 Å². The van der Waals surface area contributed by atoms with Gasteiger partial charge in [0.05, 0.1) is 10.0 Å². The van der Waals surface area contributed by atoms with Crippen LogP contribution in [-0.4, -0.2) is 18.7 Å². The van der Waals surface area contributed by atoms with Gasteiger partial charge in [-0.05, 0) is 25.6 Å². The minimum atomic E-state index is -0.128. The van der Waals surface area contributed by atoms with Crippen LogP contribution in [0.25, 0.3) is 0 Å². The molecule has 82 valence electrons. The highest BCUT2D eigenvalue weighted by atomic mass is 35.5. The van der Waals surface area contributed by atoms with E-state index in [4.69, 9.17) is 27.9 Å². The molecule has 1 aliphatic rings. The molecule has 0 radical (unpaired) electrons. The van der Waals surface area contributed by atoms with Gasteiger partial charge in [0, 0.05) is 19.0 Å². The Morgan fingerprint density at radius 2 is 2.13 bits per heavy atom. The maximum Gasteiger partial charge on any atom is 0.121 e. The molecule has 1 N–H and O–H groups in total. The molecule has 1 atom stereocenters. The number of ether oxygens (including phenoxy) is 1. The summed E-state index contributed by atoms with van der Waals surface area (Å²) >= 11 is 11.7. The van der Waals surface area contributed by atoms with E-state index in [0.717, 1.165) is 25.3 Å². The highest BCUT2D eigenvalue weighted by Gasteiger charge is 2.30. The summed E-state index contributed by atoms with van der Waals surface area (Å²) in [5.74, 6) is 0.774. The molecule has 15 heavy (non-hydrogen) atoms. The molecule has 2 nitrogen and oxygen atoms in total. The molecule has 1 heterocycles. The van der Waals surface area contributed by atoms with Gasteiger partial charge in [0.1, 0.15) is 11.4 Å². The summed E-state index contributed by atoms with van der Waals surface area (Å²) in [6.07, 6.45) is 1.01. The van der Waals surface area contributed by atoms with Crippen molar-refractivity contribution in [3.05, 3.63) is 28.2 Å². The van der Waals surface area contributed by atoms with Crippen LogP contribution in [0.4, 0.5) is 0 Å². The van der Waals surface area contributed by atoms with Crippen LogP contribution < -0.4 is 10.1 Å². The fourth-order valence-electron chi connectivity index (χ4n) is 1.71. The van der Waals surface area contributed by atoms with Gasteiger partial charge in [-0.3, -0.25) is 0 Å². The van der Waals surface area contributed by atoms with Crippen molar-refractivity contribution >= 4 is 23.2 Å². The van der Waals surface area contributed by atoms with Crippen LogP contribution in [0, 0.1) is 0 Å². The molecular weight excluding hydrogens is 233 g/mol. The zero-order valence-corrected chi connectivity index (χ0v) is 10.0. The van der Waals surface area contributed by atoms with Crippen molar-refractivity contribution in [1.29, 1.82) is 0 Å². The minimum absolute atomic E-state index is 0.128. The van der Waals surface area contributed by atoms with E-state index in [2.05, 4.69) is 12.2 Å². The normalized spacial score (nSPS) is 25.5. The lowest BCUT2D eigenvalue weighted by molar-refractivity contribution is 0.111. The molecule has 0 aromatic heterocycles. The first-order valence-corrected chi connectivity index (χ1v) is 5.69. The van der Waals surface area contributed by atoms with Crippen molar-refractivity contribution in [2.45, 2.75) is 18.9 Å². The summed E-state index contributed by atoms with van der Waals surface area (Å²) < 4.78 is 5.89. The third-order valence-corrected chi connectivity index (χ3v) is 3.32. The van der Waals surface area contributed by atoms with Gasteiger partial charge in [0.15, 0.2) is 0 Å². The maximum atomic E-state index is 5.92. The van der Waals surface area contributed by atoms with E-state index in [-0.39, 0.29) is 5.60 Å². The molecular formula is C11H13Cl2NO. The van der Waals surface area contributed by atoms with Crippen LogP contribution in [0.3, 0.4) is 0 Å². The van der Waals surface area contributed by atoms with Gasteiger partial charge in [0.25, 0.3) is 0 Å². The van der Waals surface area contributed by atoms with Crippen LogP contribution in [-0.2, 0) is 0 Å². The number of hydrogen-bond acceptors (Lipinski definition) is 2. The predicted molar refractivity (Wildman–Crippen MR) is 63.0 cm³/mol. The number of nitrogens with one attached hydrogen (secondary N) is 1. The second-order valence-corrected chi connectivity index (χ2v) is 4.87. The first-order chi connectivity index (χ1) is 7.09.